The Hall–Kier alpha value is -1.84. The first-order valence-corrected chi connectivity index (χ1v) is 8.48. The number of aryl methyl sites for hydroxylation is 1. The molecule has 3 aromatic rings. The predicted molar refractivity (Wildman–Crippen MR) is 94.7 cm³/mol. The van der Waals surface area contributed by atoms with Crippen LogP contribution in [0.1, 0.15) is 13.3 Å². The highest BCUT2D eigenvalue weighted by molar-refractivity contribution is 7.04. The highest BCUT2D eigenvalue weighted by Gasteiger charge is 2.06. The van der Waals surface area contributed by atoms with Gasteiger partial charge in [-0.2, -0.15) is 0 Å². The number of nitrogens with zero attached hydrogens (tertiary/aromatic N) is 2. The Bertz CT molecular complexity index is 801. The fourth-order valence-electron chi connectivity index (χ4n) is 2.28. The van der Waals surface area contributed by atoms with E-state index in [1.807, 2.05) is 30.3 Å². The van der Waals surface area contributed by atoms with E-state index < -0.39 is 0 Å². The average molecular weight is 329 g/mol. The van der Waals surface area contributed by atoms with Crippen LogP contribution in [0.2, 0.25) is 5.02 Å². The van der Waals surface area contributed by atoms with Gasteiger partial charge >= 0.3 is 0 Å². The summed E-state index contributed by atoms with van der Waals surface area (Å²) < 4.78 is 3.32. The van der Waals surface area contributed by atoms with Crippen LogP contribution in [0.4, 0.5) is 5.69 Å². The Labute approximate surface area is 139 Å². The quantitative estimate of drug-likeness (QED) is 0.600. The maximum absolute atomic E-state index is 5.92. The third-order valence-corrected chi connectivity index (χ3v) is 4.54. The minimum atomic E-state index is 0.733. The average Bonchev–Trinajstić information content (AvgIpc) is 2.93. The molecule has 0 N–H and O–H groups in total. The number of hydrogen-bond donors (Lipinski definition) is 0. The van der Waals surface area contributed by atoms with Crippen molar-refractivity contribution in [2.75, 3.05) is 0 Å². The molecule has 0 saturated carbocycles. The molecule has 0 aliphatic heterocycles. The molecule has 0 unspecified atom stereocenters. The van der Waals surface area contributed by atoms with Gasteiger partial charge in [-0.15, -0.1) is 0 Å². The lowest BCUT2D eigenvalue weighted by molar-refractivity contribution is 0.737. The van der Waals surface area contributed by atoms with E-state index in [2.05, 4.69) is 41.2 Å². The van der Waals surface area contributed by atoms with Gasteiger partial charge in [0.2, 0.25) is 0 Å². The van der Waals surface area contributed by atoms with Gasteiger partial charge < -0.3 is 0 Å². The minimum Gasteiger partial charge on any atom is -0.296 e. The summed E-state index contributed by atoms with van der Waals surface area (Å²) in [6.07, 6.45) is 1.10. The second-order valence-electron chi connectivity index (χ2n) is 5.02. The van der Waals surface area contributed by atoms with Crippen molar-refractivity contribution in [3.63, 3.8) is 0 Å². The molecule has 0 radical (unpaired) electrons. The van der Waals surface area contributed by atoms with E-state index in [9.17, 15) is 0 Å². The van der Waals surface area contributed by atoms with Crippen LogP contribution in [0.15, 0.2) is 65.7 Å². The Balaban J connectivity index is 2.05. The van der Waals surface area contributed by atoms with Gasteiger partial charge in [0, 0.05) is 17.6 Å². The second kappa shape index (κ2) is 6.95. The van der Waals surface area contributed by atoms with E-state index in [1.54, 1.807) is 11.5 Å². The van der Waals surface area contributed by atoms with Crippen molar-refractivity contribution in [2.24, 2.45) is 4.99 Å². The number of hydrogen-bond acceptors (Lipinski definition) is 2. The van der Waals surface area contributed by atoms with Crippen molar-refractivity contribution in [2.45, 2.75) is 19.9 Å². The van der Waals surface area contributed by atoms with Crippen LogP contribution in [0.5, 0.6) is 0 Å². The molecule has 2 nitrogen and oxygen atoms in total. The molecule has 22 heavy (non-hydrogen) atoms. The third kappa shape index (κ3) is 3.49. The van der Waals surface area contributed by atoms with Crippen LogP contribution in [0, 0.1) is 0 Å². The molecule has 112 valence electrons. The van der Waals surface area contributed by atoms with Crippen LogP contribution in [0.3, 0.4) is 0 Å². The normalized spacial score (nSPS) is 11.8. The maximum Gasteiger partial charge on any atom is 0.135 e. The van der Waals surface area contributed by atoms with Crippen LogP contribution in [-0.2, 0) is 6.54 Å². The van der Waals surface area contributed by atoms with Crippen LogP contribution in [-0.4, -0.2) is 3.96 Å². The van der Waals surface area contributed by atoms with E-state index in [0.29, 0.717) is 0 Å². The smallest absolute Gasteiger partial charge is 0.135 e. The highest BCUT2D eigenvalue weighted by Crippen LogP contribution is 2.21. The van der Waals surface area contributed by atoms with E-state index in [0.717, 1.165) is 28.3 Å². The van der Waals surface area contributed by atoms with Crippen molar-refractivity contribution in [3.05, 3.63) is 70.4 Å². The van der Waals surface area contributed by atoms with E-state index >= 15 is 0 Å². The Morgan fingerprint density at radius 1 is 1.05 bits per heavy atom. The van der Waals surface area contributed by atoms with Crippen molar-refractivity contribution in [1.82, 2.24) is 3.96 Å². The van der Waals surface area contributed by atoms with Gasteiger partial charge in [0.25, 0.3) is 0 Å². The van der Waals surface area contributed by atoms with Crippen LogP contribution >= 0.6 is 23.1 Å². The van der Waals surface area contributed by atoms with Gasteiger partial charge in [-0.1, -0.05) is 48.9 Å². The minimum absolute atomic E-state index is 0.733. The molecule has 1 aromatic heterocycles. The van der Waals surface area contributed by atoms with Gasteiger partial charge in [-0.3, -0.25) is 3.96 Å². The molecule has 0 spiro atoms. The lowest BCUT2D eigenvalue weighted by Gasteiger charge is -2.05. The topological polar surface area (TPSA) is 17.3 Å². The number of aromatic nitrogens is 1. The maximum atomic E-state index is 5.92. The summed E-state index contributed by atoms with van der Waals surface area (Å²) in [6.45, 7) is 3.20. The largest absolute Gasteiger partial charge is 0.296 e. The summed E-state index contributed by atoms with van der Waals surface area (Å²) >= 11 is 7.62. The lowest BCUT2D eigenvalue weighted by Crippen LogP contribution is -1.94. The summed E-state index contributed by atoms with van der Waals surface area (Å²) in [5.41, 5.74) is 3.37. The van der Waals surface area contributed by atoms with Crippen LogP contribution in [0.25, 0.3) is 11.3 Å². The third-order valence-electron chi connectivity index (χ3n) is 3.29. The van der Waals surface area contributed by atoms with Gasteiger partial charge in [-0.25, -0.2) is 4.99 Å². The zero-order valence-corrected chi connectivity index (χ0v) is 13.9. The molecular weight excluding hydrogens is 312 g/mol. The zero-order chi connectivity index (χ0) is 15.4. The summed E-state index contributed by atoms with van der Waals surface area (Å²) in [6, 6.07) is 20.2. The second-order valence-corrected chi connectivity index (χ2v) is 6.49. The molecular formula is C18H17ClN2S. The molecule has 0 aliphatic rings. The SMILES string of the molecule is CCCn1sc(=Nc2ccc(Cl)cc2)cc1-c1ccccc1. The monoisotopic (exact) mass is 328 g/mol. The molecule has 4 heteroatoms. The standard InChI is InChI=1S/C18H17ClN2S/c1-2-12-21-17(14-6-4-3-5-7-14)13-18(22-21)20-16-10-8-15(19)9-11-16/h3-11,13H,2,12H2,1H3. The Kier molecular flexibility index (Phi) is 4.76. The zero-order valence-electron chi connectivity index (χ0n) is 12.4. The lowest BCUT2D eigenvalue weighted by atomic mass is 10.1. The van der Waals surface area contributed by atoms with E-state index in [-0.39, 0.29) is 0 Å². The fraction of sp³-hybridized carbons (Fsp3) is 0.167. The summed E-state index contributed by atoms with van der Waals surface area (Å²) in [5.74, 6) is 0. The molecule has 0 aliphatic carbocycles. The Morgan fingerprint density at radius 2 is 1.77 bits per heavy atom. The predicted octanol–water partition coefficient (Wildman–Crippen LogP) is 5.51. The summed E-state index contributed by atoms with van der Waals surface area (Å²) in [5, 5.41) is 0.733. The van der Waals surface area contributed by atoms with E-state index in [4.69, 9.17) is 16.6 Å². The summed E-state index contributed by atoms with van der Waals surface area (Å²) in [4.78, 5) is 4.71. The highest BCUT2D eigenvalue weighted by atomic mass is 35.5. The molecule has 2 aromatic carbocycles. The first-order chi connectivity index (χ1) is 10.8. The van der Waals surface area contributed by atoms with Gasteiger partial charge in [0.1, 0.15) is 4.67 Å². The van der Waals surface area contributed by atoms with Crippen molar-refractivity contribution in [1.29, 1.82) is 0 Å². The van der Waals surface area contributed by atoms with Gasteiger partial charge in [0.15, 0.2) is 0 Å². The van der Waals surface area contributed by atoms with Gasteiger partial charge in [0.05, 0.1) is 11.4 Å². The number of halogens is 1. The van der Waals surface area contributed by atoms with Crippen LogP contribution < -0.4 is 4.67 Å². The van der Waals surface area contributed by atoms with Crippen molar-refractivity contribution < 1.29 is 0 Å². The fourth-order valence-corrected chi connectivity index (χ4v) is 3.47. The molecule has 0 fully saturated rings. The van der Waals surface area contributed by atoms with Gasteiger partial charge in [-0.05, 0) is 47.8 Å². The first kappa shape index (κ1) is 15.1. The number of benzene rings is 2. The molecule has 0 saturated heterocycles. The Morgan fingerprint density at radius 3 is 2.45 bits per heavy atom. The molecule has 0 atom stereocenters. The van der Waals surface area contributed by atoms with Crippen molar-refractivity contribution in [3.8, 4) is 11.3 Å². The molecule has 1 heterocycles. The molecule has 0 bridgehead atoms. The van der Waals surface area contributed by atoms with E-state index in [1.165, 1.54) is 11.3 Å². The van der Waals surface area contributed by atoms with Crippen molar-refractivity contribution >= 4 is 28.8 Å². The molecule has 3 rings (SSSR count). The first-order valence-electron chi connectivity index (χ1n) is 7.33. The molecule has 0 amide bonds. The summed E-state index contributed by atoms with van der Waals surface area (Å²) in [7, 11) is 0. The number of rotatable bonds is 4.